The number of imidazole rings is 2. The monoisotopic (exact) mass is 549 g/mol. The number of anilines is 2. The zero-order valence-electron chi connectivity index (χ0n) is 23.8. The standard InChI is InChI=1S/C32H35N7O2/c1-22-26(7-5-8-27(22)36-30(40)23-9-11-25(12-10-23)32(2,3)4)24-19-28(29-34-15-18-39(29)20-24)37-31(41)35-13-6-16-38-17-14-33-21-38/h5,7-12,14-15,17-21H,6,13,16H2,1-4H3,(H,36,40)(H2,35,37,41). The number of fused-ring (bicyclic) bond motifs is 1. The Morgan fingerprint density at radius 3 is 2.49 bits per heavy atom. The molecule has 41 heavy (non-hydrogen) atoms. The number of nitrogens with zero attached hydrogens (tertiary/aromatic N) is 4. The van der Waals surface area contributed by atoms with Crippen LogP contribution in [0.4, 0.5) is 16.2 Å². The maximum absolute atomic E-state index is 13.1. The maximum Gasteiger partial charge on any atom is 0.319 e. The van der Waals surface area contributed by atoms with Gasteiger partial charge in [0.15, 0.2) is 5.65 Å². The summed E-state index contributed by atoms with van der Waals surface area (Å²) in [5.41, 5.74) is 6.49. The summed E-state index contributed by atoms with van der Waals surface area (Å²) < 4.78 is 3.85. The van der Waals surface area contributed by atoms with Gasteiger partial charge in [-0.2, -0.15) is 0 Å². The SMILES string of the molecule is Cc1c(NC(=O)c2ccc(C(C)(C)C)cc2)cccc1-c1cc(NC(=O)NCCCn2ccnc2)c2nccn2c1. The van der Waals surface area contributed by atoms with Gasteiger partial charge in [0.05, 0.1) is 12.0 Å². The number of aryl methyl sites for hydroxylation is 1. The zero-order valence-corrected chi connectivity index (χ0v) is 23.8. The van der Waals surface area contributed by atoms with Gasteiger partial charge in [-0.05, 0) is 59.7 Å². The van der Waals surface area contributed by atoms with Crippen LogP contribution in [0.2, 0.25) is 0 Å². The first-order valence-corrected chi connectivity index (χ1v) is 13.7. The van der Waals surface area contributed by atoms with Crippen LogP contribution in [-0.4, -0.2) is 37.4 Å². The highest BCUT2D eigenvalue weighted by Gasteiger charge is 2.16. The number of hydrogen-bond donors (Lipinski definition) is 3. The number of benzene rings is 2. The molecule has 5 rings (SSSR count). The largest absolute Gasteiger partial charge is 0.338 e. The Labute approximate surface area is 239 Å². The number of urea groups is 1. The van der Waals surface area contributed by atoms with Crippen molar-refractivity contribution < 1.29 is 9.59 Å². The fourth-order valence-electron chi connectivity index (χ4n) is 4.72. The molecule has 9 heteroatoms. The van der Waals surface area contributed by atoms with E-state index >= 15 is 0 Å². The second-order valence-electron chi connectivity index (χ2n) is 11.1. The van der Waals surface area contributed by atoms with Gasteiger partial charge in [0.2, 0.25) is 0 Å². The average Bonchev–Trinajstić information content (AvgIpc) is 3.64. The van der Waals surface area contributed by atoms with Crippen molar-refractivity contribution in [2.45, 2.75) is 46.1 Å². The van der Waals surface area contributed by atoms with Crippen molar-refractivity contribution in [3.63, 3.8) is 0 Å². The van der Waals surface area contributed by atoms with Gasteiger partial charge in [0.25, 0.3) is 5.91 Å². The highest BCUT2D eigenvalue weighted by atomic mass is 16.2. The molecule has 0 spiro atoms. The van der Waals surface area contributed by atoms with Crippen LogP contribution in [0.15, 0.2) is 85.8 Å². The molecule has 5 aromatic rings. The smallest absolute Gasteiger partial charge is 0.319 e. The van der Waals surface area contributed by atoms with Gasteiger partial charge in [0.1, 0.15) is 0 Å². The minimum atomic E-state index is -0.298. The lowest BCUT2D eigenvalue weighted by atomic mass is 9.86. The molecule has 3 heterocycles. The number of amides is 3. The van der Waals surface area contributed by atoms with Crippen molar-refractivity contribution in [3.8, 4) is 11.1 Å². The zero-order chi connectivity index (χ0) is 29.0. The van der Waals surface area contributed by atoms with Gasteiger partial charge in [-0.3, -0.25) is 4.79 Å². The molecular formula is C32H35N7O2. The van der Waals surface area contributed by atoms with E-state index in [1.54, 1.807) is 18.7 Å². The first kappa shape index (κ1) is 27.6. The molecule has 0 aliphatic heterocycles. The van der Waals surface area contributed by atoms with Gasteiger partial charge < -0.3 is 24.9 Å². The molecular weight excluding hydrogens is 514 g/mol. The molecule has 0 saturated carbocycles. The van der Waals surface area contributed by atoms with Crippen molar-refractivity contribution in [3.05, 3.63) is 103 Å². The normalized spacial score (nSPS) is 11.4. The molecule has 3 aromatic heterocycles. The summed E-state index contributed by atoms with van der Waals surface area (Å²) in [6.45, 7) is 9.72. The average molecular weight is 550 g/mol. The second-order valence-corrected chi connectivity index (χ2v) is 11.1. The van der Waals surface area contributed by atoms with E-state index in [0.717, 1.165) is 35.3 Å². The first-order chi connectivity index (χ1) is 19.7. The van der Waals surface area contributed by atoms with Gasteiger partial charge >= 0.3 is 6.03 Å². The lowest BCUT2D eigenvalue weighted by Gasteiger charge is -2.19. The Balaban J connectivity index is 1.32. The van der Waals surface area contributed by atoms with E-state index in [1.807, 2.05) is 83.0 Å². The number of carbonyl (C=O) groups excluding carboxylic acids is 2. The molecule has 9 nitrogen and oxygen atoms in total. The van der Waals surface area contributed by atoms with Gasteiger partial charge in [-0.25, -0.2) is 14.8 Å². The summed E-state index contributed by atoms with van der Waals surface area (Å²) in [4.78, 5) is 34.3. The van der Waals surface area contributed by atoms with E-state index in [0.29, 0.717) is 23.4 Å². The molecule has 0 atom stereocenters. The molecule has 0 saturated heterocycles. The van der Waals surface area contributed by atoms with Crippen LogP contribution in [0.3, 0.4) is 0 Å². The van der Waals surface area contributed by atoms with Crippen LogP contribution >= 0.6 is 0 Å². The predicted octanol–water partition coefficient (Wildman–Crippen LogP) is 6.27. The molecule has 0 aliphatic rings. The molecule has 0 unspecified atom stereocenters. The van der Waals surface area contributed by atoms with E-state index in [4.69, 9.17) is 0 Å². The minimum Gasteiger partial charge on any atom is -0.338 e. The number of hydrogen-bond acceptors (Lipinski definition) is 4. The van der Waals surface area contributed by atoms with Crippen LogP contribution in [0.1, 0.15) is 48.7 Å². The fourth-order valence-corrected chi connectivity index (χ4v) is 4.72. The first-order valence-electron chi connectivity index (χ1n) is 13.7. The lowest BCUT2D eigenvalue weighted by molar-refractivity contribution is 0.102. The Hall–Kier alpha value is -4.92. The third-order valence-electron chi connectivity index (χ3n) is 7.08. The Kier molecular flexibility index (Phi) is 7.87. The van der Waals surface area contributed by atoms with Crippen LogP contribution in [0.25, 0.3) is 16.8 Å². The summed E-state index contributed by atoms with van der Waals surface area (Å²) in [7, 11) is 0. The highest BCUT2D eigenvalue weighted by Crippen LogP contribution is 2.32. The minimum absolute atomic E-state index is 0.0194. The van der Waals surface area contributed by atoms with E-state index in [-0.39, 0.29) is 17.4 Å². The third-order valence-corrected chi connectivity index (χ3v) is 7.08. The number of pyridine rings is 1. The van der Waals surface area contributed by atoms with Crippen molar-refractivity contribution in [2.24, 2.45) is 0 Å². The van der Waals surface area contributed by atoms with Crippen LogP contribution in [0.5, 0.6) is 0 Å². The summed E-state index contributed by atoms with van der Waals surface area (Å²) >= 11 is 0. The Morgan fingerprint density at radius 1 is 0.951 bits per heavy atom. The number of carbonyl (C=O) groups is 2. The second kappa shape index (κ2) is 11.7. The highest BCUT2D eigenvalue weighted by molar-refractivity contribution is 6.05. The quantitative estimate of drug-likeness (QED) is 0.198. The third kappa shape index (κ3) is 6.46. The predicted molar refractivity (Wildman–Crippen MR) is 162 cm³/mol. The van der Waals surface area contributed by atoms with Gasteiger partial charge in [-0.1, -0.05) is 45.0 Å². The molecule has 0 fully saturated rings. The van der Waals surface area contributed by atoms with Crippen molar-refractivity contribution in [1.82, 2.24) is 24.3 Å². The maximum atomic E-state index is 13.1. The van der Waals surface area contributed by atoms with Gasteiger partial charge in [-0.15, -0.1) is 0 Å². The topological polar surface area (TPSA) is 105 Å². The lowest BCUT2D eigenvalue weighted by Crippen LogP contribution is -2.30. The Morgan fingerprint density at radius 2 is 1.76 bits per heavy atom. The van der Waals surface area contributed by atoms with Crippen molar-refractivity contribution in [2.75, 3.05) is 17.2 Å². The molecule has 210 valence electrons. The fraction of sp³-hybridized carbons (Fsp3) is 0.250. The van der Waals surface area contributed by atoms with Crippen LogP contribution in [-0.2, 0) is 12.0 Å². The molecule has 0 aliphatic carbocycles. The van der Waals surface area contributed by atoms with Crippen LogP contribution in [0, 0.1) is 6.92 Å². The molecule has 0 radical (unpaired) electrons. The Bertz CT molecular complexity index is 1660. The summed E-state index contributed by atoms with van der Waals surface area (Å²) in [6.07, 6.45) is 11.7. The molecule has 3 amide bonds. The van der Waals surface area contributed by atoms with Crippen molar-refractivity contribution >= 4 is 29.0 Å². The van der Waals surface area contributed by atoms with Crippen molar-refractivity contribution in [1.29, 1.82) is 0 Å². The van der Waals surface area contributed by atoms with Gasteiger partial charge in [0, 0.05) is 60.9 Å². The molecule has 3 N–H and O–H groups in total. The number of nitrogens with one attached hydrogen (secondary N) is 3. The molecule has 0 bridgehead atoms. The summed E-state index contributed by atoms with van der Waals surface area (Å²) in [6, 6.07) is 15.2. The summed E-state index contributed by atoms with van der Waals surface area (Å²) in [5, 5.41) is 8.94. The van der Waals surface area contributed by atoms with Crippen LogP contribution < -0.4 is 16.0 Å². The number of rotatable bonds is 8. The summed E-state index contributed by atoms with van der Waals surface area (Å²) in [5.74, 6) is -0.164. The van der Waals surface area contributed by atoms with E-state index in [1.165, 1.54) is 5.56 Å². The molecule has 2 aromatic carbocycles. The number of aromatic nitrogens is 4. The van der Waals surface area contributed by atoms with E-state index in [9.17, 15) is 9.59 Å². The van der Waals surface area contributed by atoms with E-state index in [2.05, 4.69) is 46.7 Å². The van der Waals surface area contributed by atoms with E-state index < -0.39 is 0 Å².